The summed E-state index contributed by atoms with van der Waals surface area (Å²) in [7, 11) is 1.87. The van der Waals surface area contributed by atoms with Crippen LogP contribution in [0.25, 0.3) is 11.4 Å². The van der Waals surface area contributed by atoms with Gasteiger partial charge in [-0.2, -0.15) is 5.10 Å². The minimum atomic E-state index is 0.332. The van der Waals surface area contributed by atoms with Crippen molar-refractivity contribution in [2.45, 2.75) is 39.7 Å². The molecule has 0 saturated heterocycles. The number of rotatable bonds is 5. The smallest absolute Gasteiger partial charge is 0.165 e. The van der Waals surface area contributed by atoms with Crippen LogP contribution in [0.5, 0.6) is 0 Å². The highest BCUT2D eigenvalue weighted by molar-refractivity contribution is 9.10. The summed E-state index contributed by atoms with van der Waals surface area (Å²) in [5.74, 6) is 1.53. The Hall–Kier alpha value is -1.43. The van der Waals surface area contributed by atoms with Crippen LogP contribution in [0.2, 0.25) is 0 Å². The molecule has 0 aliphatic heterocycles. The third kappa shape index (κ3) is 3.00. The van der Waals surface area contributed by atoms with Crippen molar-refractivity contribution in [3.8, 4) is 11.4 Å². The van der Waals surface area contributed by atoms with Gasteiger partial charge in [-0.1, -0.05) is 13.3 Å². The molecule has 0 aliphatic rings. The van der Waals surface area contributed by atoms with Gasteiger partial charge in [-0.3, -0.25) is 4.68 Å². The van der Waals surface area contributed by atoms with E-state index in [-0.39, 0.29) is 0 Å². The first-order valence-electron chi connectivity index (χ1n) is 6.85. The van der Waals surface area contributed by atoms with Gasteiger partial charge in [0, 0.05) is 19.3 Å². The number of aromatic nitrogens is 4. The number of halogens is 1. The third-order valence-electron chi connectivity index (χ3n) is 3.03. The second-order valence-corrected chi connectivity index (χ2v) is 5.75. The molecule has 0 fully saturated rings. The number of hydrogen-bond acceptors (Lipinski definition) is 4. The van der Waals surface area contributed by atoms with Crippen LogP contribution in [0.4, 0.5) is 5.82 Å². The molecule has 2 rings (SSSR count). The van der Waals surface area contributed by atoms with Crippen LogP contribution < -0.4 is 5.32 Å². The maximum absolute atomic E-state index is 4.66. The molecule has 2 aromatic rings. The van der Waals surface area contributed by atoms with E-state index in [2.05, 4.69) is 57.1 Å². The second-order valence-electron chi connectivity index (χ2n) is 4.96. The summed E-state index contributed by atoms with van der Waals surface area (Å²) in [6.45, 7) is 6.34. The van der Waals surface area contributed by atoms with Crippen LogP contribution >= 0.6 is 15.9 Å². The SMILES string of the molecule is CCCc1nc(-c2cnn(C(C)C)c2)nc(NC)c1Br. The molecule has 0 unspecified atom stereocenters. The lowest BCUT2D eigenvalue weighted by molar-refractivity contribution is 0.532. The lowest BCUT2D eigenvalue weighted by Crippen LogP contribution is -2.03. The molecule has 0 spiro atoms. The molecule has 0 saturated carbocycles. The van der Waals surface area contributed by atoms with Gasteiger partial charge >= 0.3 is 0 Å². The van der Waals surface area contributed by atoms with Crippen LogP contribution in [0.3, 0.4) is 0 Å². The highest BCUT2D eigenvalue weighted by Crippen LogP contribution is 2.27. The van der Waals surface area contributed by atoms with E-state index in [1.165, 1.54) is 0 Å². The van der Waals surface area contributed by atoms with Crippen LogP contribution in [-0.2, 0) is 6.42 Å². The molecule has 6 heteroatoms. The van der Waals surface area contributed by atoms with E-state index in [0.29, 0.717) is 11.9 Å². The fourth-order valence-electron chi connectivity index (χ4n) is 1.93. The lowest BCUT2D eigenvalue weighted by Gasteiger charge is -2.09. The normalized spacial score (nSPS) is 11.1. The lowest BCUT2D eigenvalue weighted by atomic mass is 10.2. The Balaban J connectivity index is 2.47. The number of nitrogens with zero attached hydrogens (tertiary/aromatic N) is 4. The molecule has 1 N–H and O–H groups in total. The Labute approximate surface area is 128 Å². The summed E-state index contributed by atoms with van der Waals surface area (Å²) in [6, 6.07) is 0.332. The number of nitrogens with one attached hydrogen (secondary N) is 1. The summed E-state index contributed by atoms with van der Waals surface area (Å²) >= 11 is 3.57. The molecule has 20 heavy (non-hydrogen) atoms. The van der Waals surface area contributed by atoms with E-state index >= 15 is 0 Å². The highest BCUT2D eigenvalue weighted by Gasteiger charge is 2.13. The Morgan fingerprint density at radius 2 is 2.10 bits per heavy atom. The van der Waals surface area contributed by atoms with E-state index in [1.54, 1.807) is 0 Å². The maximum atomic E-state index is 4.66. The maximum Gasteiger partial charge on any atom is 0.165 e. The van der Waals surface area contributed by atoms with Gasteiger partial charge in [0.15, 0.2) is 5.82 Å². The molecule has 0 radical (unpaired) electrons. The Kier molecular flexibility index (Phi) is 4.75. The zero-order chi connectivity index (χ0) is 14.7. The molecular weight excluding hydrogens is 318 g/mol. The molecule has 2 heterocycles. The molecule has 0 atom stereocenters. The van der Waals surface area contributed by atoms with Crippen molar-refractivity contribution in [1.82, 2.24) is 19.7 Å². The van der Waals surface area contributed by atoms with Crippen LogP contribution in [0.1, 0.15) is 38.9 Å². The fourth-order valence-corrected chi connectivity index (χ4v) is 2.50. The number of anilines is 1. The highest BCUT2D eigenvalue weighted by atomic mass is 79.9. The number of hydrogen-bond donors (Lipinski definition) is 1. The van der Waals surface area contributed by atoms with E-state index in [1.807, 2.05) is 24.1 Å². The Morgan fingerprint density at radius 3 is 2.65 bits per heavy atom. The predicted molar refractivity (Wildman–Crippen MR) is 84.9 cm³/mol. The molecule has 0 bridgehead atoms. The minimum Gasteiger partial charge on any atom is -0.372 e. The minimum absolute atomic E-state index is 0.332. The molecule has 2 aromatic heterocycles. The summed E-state index contributed by atoms with van der Waals surface area (Å²) in [6.07, 6.45) is 5.77. The number of aryl methyl sites for hydroxylation is 1. The van der Waals surface area contributed by atoms with Gasteiger partial charge in [-0.15, -0.1) is 0 Å². The summed E-state index contributed by atoms with van der Waals surface area (Å²) in [5.41, 5.74) is 1.97. The van der Waals surface area contributed by atoms with Crippen molar-refractivity contribution in [2.24, 2.45) is 0 Å². The van der Waals surface area contributed by atoms with E-state index < -0.39 is 0 Å². The van der Waals surface area contributed by atoms with Crippen LogP contribution in [0, 0.1) is 0 Å². The molecule has 5 nitrogen and oxygen atoms in total. The quantitative estimate of drug-likeness (QED) is 0.904. The van der Waals surface area contributed by atoms with Crippen LogP contribution in [0.15, 0.2) is 16.9 Å². The summed E-state index contributed by atoms with van der Waals surface area (Å²) < 4.78 is 2.86. The zero-order valence-corrected chi connectivity index (χ0v) is 13.9. The monoisotopic (exact) mass is 337 g/mol. The van der Waals surface area contributed by atoms with Gasteiger partial charge in [0.2, 0.25) is 0 Å². The van der Waals surface area contributed by atoms with Gasteiger partial charge in [-0.25, -0.2) is 9.97 Å². The van der Waals surface area contributed by atoms with E-state index in [9.17, 15) is 0 Å². The largest absolute Gasteiger partial charge is 0.372 e. The summed E-state index contributed by atoms with van der Waals surface area (Å²) in [5, 5.41) is 7.46. The van der Waals surface area contributed by atoms with Crippen LogP contribution in [-0.4, -0.2) is 26.8 Å². The van der Waals surface area contributed by atoms with Gasteiger partial charge < -0.3 is 5.32 Å². The Bertz CT molecular complexity index is 591. The van der Waals surface area contributed by atoms with Gasteiger partial charge in [-0.05, 0) is 36.2 Å². The van der Waals surface area contributed by atoms with Crippen molar-refractivity contribution in [3.63, 3.8) is 0 Å². The fraction of sp³-hybridized carbons (Fsp3) is 0.500. The first kappa shape index (κ1) is 15.0. The topological polar surface area (TPSA) is 55.6 Å². The average molecular weight is 338 g/mol. The predicted octanol–water partition coefficient (Wildman–Crippen LogP) is 3.68. The van der Waals surface area contributed by atoms with Crippen molar-refractivity contribution >= 4 is 21.7 Å². The molecule has 0 amide bonds. The van der Waals surface area contributed by atoms with Gasteiger partial charge in [0.25, 0.3) is 0 Å². The third-order valence-corrected chi connectivity index (χ3v) is 3.87. The van der Waals surface area contributed by atoms with Crippen molar-refractivity contribution < 1.29 is 0 Å². The first-order valence-corrected chi connectivity index (χ1v) is 7.64. The first-order chi connectivity index (χ1) is 9.56. The standard InChI is InChI=1S/C14H20BrN5/c1-5-6-11-12(15)14(16-4)19-13(18-11)10-7-17-20(8-10)9(2)3/h7-9H,5-6H2,1-4H3,(H,16,18,19). The van der Waals surface area contributed by atoms with Gasteiger partial charge in [0.05, 0.1) is 21.9 Å². The molecule has 0 aromatic carbocycles. The molecule has 0 aliphatic carbocycles. The van der Waals surface area contributed by atoms with Crippen molar-refractivity contribution in [1.29, 1.82) is 0 Å². The van der Waals surface area contributed by atoms with E-state index in [0.717, 1.165) is 34.4 Å². The van der Waals surface area contributed by atoms with Crippen molar-refractivity contribution in [2.75, 3.05) is 12.4 Å². The summed E-state index contributed by atoms with van der Waals surface area (Å²) in [4.78, 5) is 9.22. The Morgan fingerprint density at radius 1 is 1.35 bits per heavy atom. The second kappa shape index (κ2) is 6.35. The van der Waals surface area contributed by atoms with Gasteiger partial charge in [0.1, 0.15) is 5.82 Å². The van der Waals surface area contributed by atoms with E-state index in [4.69, 9.17) is 0 Å². The average Bonchev–Trinajstić information content (AvgIpc) is 2.91. The zero-order valence-electron chi connectivity index (χ0n) is 12.3. The van der Waals surface area contributed by atoms with Crippen molar-refractivity contribution in [3.05, 3.63) is 22.6 Å². The molecule has 108 valence electrons. The molecular formula is C14H20BrN5.